The van der Waals surface area contributed by atoms with E-state index in [1.54, 1.807) is 6.08 Å². The van der Waals surface area contributed by atoms with Crippen molar-refractivity contribution < 1.29 is 44.6 Å². The molecule has 15 aliphatic rings. The quantitative estimate of drug-likeness (QED) is 0.0823. The number of carbonyl (C=O) groups excluding carboxylic acids is 2. The van der Waals surface area contributed by atoms with Gasteiger partial charge in [0.15, 0.2) is 0 Å². The Morgan fingerprint density at radius 1 is 0.739 bits per heavy atom. The van der Waals surface area contributed by atoms with Crippen molar-refractivity contribution in [3.8, 4) is 11.8 Å². The maximum absolute atomic E-state index is 16.1. The minimum atomic E-state index is -1.88. The number of esters is 1. The Labute approximate surface area is 522 Å². The van der Waals surface area contributed by atoms with E-state index in [9.17, 15) is 15.0 Å². The van der Waals surface area contributed by atoms with Crippen LogP contribution in [0.4, 0.5) is 0 Å². The fourth-order valence-electron chi connectivity index (χ4n) is 27.2. The van der Waals surface area contributed by atoms with Crippen molar-refractivity contribution in [2.24, 2.45) is 98.1 Å². The Morgan fingerprint density at radius 2 is 1.51 bits per heavy atom. The highest BCUT2D eigenvalue weighted by Gasteiger charge is 2.88. The minimum absolute atomic E-state index is 0.0310. The van der Waals surface area contributed by atoms with Gasteiger partial charge in [0, 0.05) is 57.1 Å². The maximum atomic E-state index is 16.1. The highest BCUT2D eigenvalue weighted by atomic mass is 16.5. The van der Waals surface area contributed by atoms with Crippen LogP contribution in [0.2, 0.25) is 0 Å². The predicted molar refractivity (Wildman–Crippen MR) is 335 cm³/mol. The van der Waals surface area contributed by atoms with Crippen LogP contribution in [0.25, 0.3) is 0 Å². The molecule has 3 aromatic carbocycles. The molecule has 88 heavy (non-hydrogen) atoms. The zero-order valence-corrected chi connectivity index (χ0v) is 52.4. The van der Waals surface area contributed by atoms with Crippen LogP contribution < -0.4 is 5.32 Å². The van der Waals surface area contributed by atoms with Crippen molar-refractivity contribution in [1.82, 2.24) is 5.32 Å². The van der Waals surface area contributed by atoms with Gasteiger partial charge in [-0.25, -0.2) is 4.79 Å². The summed E-state index contributed by atoms with van der Waals surface area (Å²) in [5.74, 6) is 8.13. The molecule has 0 radical (unpaired) electrons. The summed E-state index contributed by atoms with van der Waals surface area (Å²) < 4.78 is 14.7. The molecule has 0 aromatic heterocycles. The Kier molecular flexibility index (Phi) is 13.4. The number of aliphatic hydroxyl groups excluding tert-OH is 2. The molecule has 12 bridgehead atoms. The zero-order valence-electron chi connectivity index (χ0n) is 52.4. The van der Waals surface area contributed by atoms with Gasteiger partial charge in [0.05, 0.1) is 42.0 Å². The van der Waals surface area contributed by atoms with Crippen molar-refractivity contribution in [2.45, 2.75) is 221 Å². The summed E-state index contributed by atoms with van der Waals surface area (Å²) >= 11 is 0. The van der Waals surface area contributed by atoms with Crippen molar-refractivity contribution in [3.63, 3.8) is 0 Å². The number of hydrogen-bond donors (Lipinski definition) is 6. The molecule has 10 saturated carbocycles. The number of aldehydes is 1. The van der Waals surface area contributed by atoms with E-state index < -0.39 is 67.8 Å². The van der Waals surface area contributed by atoms with Crippen molar-refractivity contribution in [1.29, 1.82) is 0 Å². The predicted octanol–water partition coefficient (Wildman–Crippen LogP) is 11.3. The van der Waals surface area contributed by atoms with Crippen LogP contribution in [0.5, 0.6) is 0 Å². The van der Waals surface area contributed by atoms with Crippen LogP contribution in [0.1, 0.15) is 187 Å². The highest BCUT2D eigenvalue weighted by Crippen LogP contribution is 2.84. The molecule has 11 fully saturated rings. The molecule has 3 spiro atoms. The molecule has 24 atom stereocenters. The topological polar surface area (TPSA) is 166 Å². The van der Waals surface area contributed by atoms with Crippen LogP contribution in [-0.4, -0.2) is 92.6 Å². The first-order chi connectivity index (χ1) is 42.6. The van der Waals surface area contributed by atoms with E-state index in [1.165, 1.54) is 42.2 Å². The van der Waals surface area contributed by atoms with E-state index in [0.29, 0.717) is 74.5 Å². The van der Waals surface area contributed by atoms with Gasteiger partial charge in [-0.3, -0.25) is 0 Å². The molecule has 24 unspecified atom stereocenters. The monoisotopic (exact) mass is 1190 g/mol. The Morgan fingerprint density at radius 3 is 2.31 bits per heavy atom. The molecule has 6 N–H and O–H groups in total. The van der Waals surface area contributed by atoms with E-state index in [2.05, 4.69) is 84.7 Å². The molecule has 0 amide bonds. The third-order valence-corrected chi connectivity index (χ3v) is 30.5. The molecule has 12 aliphatic carbocycles. The molecule has 18 rings (SSSR count). The SMILES string of the molecule is CNC1Cc2c(cccc2CO)C#CC2(CCCC2)CC23CCC4C(O)(CC5CC6CCC7C8OC(Cc9cccc(c9)CC9CCC(C9)C6C)CC6CC9CC(c%10ccccc%10)CCC9C68CC4(C=O)C57O)C2(O)CC2CC1C1OC(=O)C=C1C23CO. The second-order valence-electron chi connectivity index (χ2n) is 33.0. The minimum Gasteiger partial charge on any atom is -0.454 e. The summed E-state index contributed by atoms with van der Waals surface area (Å²) in [6.07, 6.45) is 21.4. The van der Waals surface area contributed by atoms with Gasteiger partial charge < -0.3 is 45.1 Å². The van der Waals surface area contributed by atoms with Crippen molar-refractivity contribution in [3.05, 3.63) is 118 Å². The molecule has 10 nitrogen and oxygen atoms in total. The fraction of sp³-hybridized carbons (Fsp3) is 0.692. The Bertz CT molecular complexity index is 3380. The number of likely N-dealkylation sites (N-methyl/N-ethyl adjacent to an activating group) is 1. The van der Waals surface area contributed by atoms with Gasteiger partial charge in [-0.05, 0) is 253 Å². The Hall–Kier alpha value is -4.18. The number of aliphatic hydroxyl groups is 5. The first kappa shape index (κ1) is 57.7. The number of rotatable bonds is 5. The summed E-state index contributed by atoms with van der Waals surface area (Å²) in [5, 5.41) is 74.3. The maximum Gasteiger partial charge on any atom is 0.331 e. The van der Waals surface area contributed by atoms with E-state index in [1.807, 2.05) is 19.2 Å². The van der Waals surface area contributed by atoms with E-state index >= 15 is 20.1 Å². The van der Waals surface area contributed by atoms with Gasteiger partial charge in [-0.2, -0.15) is 0 Å². The fourth-order valence-corrected chi connectivity index (χ4v) is 27.2. The lowest BCUT2D eigenvalue weighted by Gasteiger charge is -2.76. The summed E-state index contributed by atoms with van der Waals surface area (Å²) in [5.41, 5.74) is -2.51. The number of carbonyl (C=O) groups is 2. The molecular weight excluding hydrogens is 1090 g/mol. The van der Waals surface area contributed by atoms with Crippen LogP contribution >= 0.6 is 0 Å². The first-order valence-corrected chi connectivity index (χ1v) is 35.5. The van der Waals surface area contributed by atoms with Crippen LogP contribution in [0.3, 0.4) is 0 Å². The number of fused-ring (bicyclic) bond motifs is 12. The summed E-state index contributed by atoms with van der Waals surface area (Å²) in [7, 11) is 1.96. The number of ether oxygens (including phenoxy) is 2. The third kappa shape index (κ3) is 7.56. The lowest BCUT2D eigenvalue weighted by Crippen LogP contribution is -2.84. The molecule has 468 valence electrons. The van der Waals surface area contributed by atoms with Crippen LogP contribution in [0, 0.1) is 110 Å². The molecule has 3 aromatic rings. The highest BCUT2D eigenvalue weighted by molar-refractivity contribution is 5.87. The second kappa shape index (κ2) is 20.4. The lowest BCUT2D eigenvalue weighted by molar-refractivity contribution is -0.374. The van der Waals surface area contributed by atoms with Gasteiger partial charge in [0.25, 0.3) is 0 Å². The third-order valence-electron chi connectivity index (χ3n) is 30.5. The molecule has 10 heteroatoms. The second-order valence-corrected chi connectivity index (χ2v) is 33.0. The van der Waals surface area contributed by atoms with Gasteiger partial charge in [-0.1, -0.05) is 98.3 Å². The van der Waals surface area contributed by atoms with Gasteiger partial charge in [-0.15, -0.1) is 0 Å². The number of benzene rings is 3. The standard InChI is InChI=1S/C78H97NO9/c1-46-52-17-16-49(30-52)29-47-10-8-11-48(28-47)31-60-35-57-34-56-32-54(50-12-4-3-5-13-50)19-20-63(56)74(57)43-72(44-81)67-23-27-73-42-71(24-6-7-25-71)26-22-51-14-9-15-55(41-80)61(51)37-66(79-2)62-36-58(75(73,45-82)65-38-68(83)88-69(62)65)40-77(73,85)76(67,84)39-59-33-53(46)18-21-64(70(74)87-60)78(59,72)86/h3-5,8-15,28,38,44,46,49,52-54,56-60,62-64,66-67,69-70,79-80,82,84-86H,6-7,16-21,23-25,27,29-37,39-43,45H2,1-2H3. The number of nitrogens with one attached hydrogen (secondary N) is 1. The first-order valence-electron chi connectivity index (χ1n) is 35.5. The Balaban J connectivity index is 0.873. The summed E-state index contributed by atoms with van der Waals surface area (Å²) in [6, 6.07) is 26.4. The zero-order chi connectivity index (χ0) is 60.0. The summed E-state index contributed by atoms with van der Waals surface area (Å²) in [6.45, 7) is 2.04. The van der Waals surface area contributed by atoms with Crippen LogP contribution in [-0.2, 0) is 44.9 Å². The lowest BCUT2D eigenvalue weighted by atomic mass is 9.31. The van der Waals surface area contributed by atoms with Gasteiger partial charge >= 0.3 is 5.97 Å². The number of hydrogen-bond acceptors (Lipinski definition) is 10. The van der Waals surface area contributed by atoms with E-state index in [0.717, 1.165) is 106 Å². The molecule has 3 aliphatic heterocycles. The largest absolute Gasteiger partial charge is 0.454 e. The van der Waals surface area contributed by atoms with Crippen molar-refractivity contribution >= 4 is 12.3 Å². The molecule has 3 heterocycles. The van der Waals surface area contributed by atoms with Gasteiger partial charge in [0.1, 0.15) is 18.0 Å². The van der Waals surface area contributed by atoms with E-state index in [-0.39, 0.29) is 79.8 Å². The molecule has 1 saturated heterocycles. The smallest absolute Gasteiger partial charge is 0.331 e. The van der Waals surface area contributed by atoms with E-state index in [4.69, 9.17) is 9.47 Å². The molecular formula is C78H97NO9. The summed E-state index contributed by atoms with van der Waals surface area (Å²) in [4.78, 5) is 30.5. The van der Waals surface area contributed by atoms with Gasteiger partial charge in [0.2, 0.25) is 0 Å². The average molecular weight is 1190 g/mol. The van der Waals surface area contributed by atoms with Crippen LogP contribution in [0.15, 0.2) is 84.4 Å². The average Bonchev–Trinajstić information content (AvgIpc) is 1.30. The normalized spacial score (nSPS) is 48.8. The van der Waals surface area contributed by atoms with Crippen molar-refractivity contribution in [2.75, 3.05) is 13.7 Å².